The van der Waals surface area contributed by atoms with E-state index in [1.54, 1.807) is 0 Å². The Morgan fingerprint density at radius 3 is 1.09 bits per heavy atom. The van der Waals surface area contributed by atoms with Crippen LogP contribution < -0.4 is 12.4 Å². The van der Waals surface area contributed by atoms with Gasteiger partial charge in [0.15, 0.2) is 0 Å². The van der Waals surface area contributed by atoms with E-state index in [4.69, 9.17) is 0 Å². The van der Waals surface area contributed by atoms with Crippen molar-refractivity contribution in [3.63, 3.8) is 0 Å². The van der Waals surface area contributed by atoms with Gasteiger partial charge >= 0.3 is 0 Å². The Morgan fingerprint density at radius 2 is 0.773 bits per heavy atom. The van der Waals surface area contributed by atoms with Gasteiger partial charge in [0.25, 0.3) is 0 Å². The Bertz CT molecular complexity index is 181. The van der Waals surface area contributed by atoms with Crippen molar-refractivity contribution in [3.8, 4) is 0 Å². The average Bonchev–Trinajstić information content (AvgIpc) is 2.51. The lowest BCUT2D eigenvalue weighted by molar-refractivity contribution is -0.00000477. The van der Waals surface area contributed by atoms with Crippen molar-refractivity contribution in [1.82, 2.24) is 0 Å². The fourth-order valence-corrected chi connectivity index (χ4v) is 4.59. The minimum absolute atomic E-state index is 0. The van der Waals surface area contributed by atoms with Crippen LogP contribution in [0, 0.1) is 0 Å². The molecule has 0 unspecified atom stereocenters. The standard InChI is InChI=1S/C20H43S.ClH/c1-4-7-8-9-10-11-12-13-14-15-16-17-18-19-20-21(5-2)6-3;/h4-20H2,1-3H3;1H/q+1;/p-1. The van der Waals surface area contributed by atoms with Crippen molar-refractivity contribution < 1.29 is 12.4 Å². The molecule has 22 heavy (non-hydrogen) atoms. The first-order valence-electron chi connectivity index (χ1n) is 9.99. The van der Waals surface area contributed by atoms with Crippen molar-refractivity contribution >= 4 is 10.9 Å². The van der Waals surface area contributed by atoms with Crippen LogP contribution in [0.25, 0.3) is 0 Å². The summed E-state index contributed by atoms with van der Waals surface area (Å²) in [6, 6.07) is 0. The van der Waals surface area contributed by atoms with Crippen LogP contribution >= 0.6 is 0 Å². The Kier molecular flexibility index (Phi) is 24.5. The zero-order chi connectivity index (χ0) is 15.6. The second-order valence-corrected chi connectivity index (χ2v) is 9.28. The fraction of sp³-hybridized carbons (Fsp3) is 1.00. The first-order chi connectivity index (χ1) is 10.3. The highest BCUT2D eigenvalue weighted by atomic mass is 35.5. The molecule has 0 aliphatic heterocycles. The summed E-state index contributed by atoms with van der Waals surface area (Å²) in [5, 5.41) is 0. The molecule has 0 aromatic carbocycles. The van der Waals surface area contributed by atoms with E-state index in [-0.39, 0.29) is 12.4 Å². The van der Waals surface area contributed by atoms with Crippen molar-refractivity contribution in [3.05, 3.63) is 0 Å². The third-order valence-corrected chi connectivity index (χ3v) is 7.10. The Labute approximate surface area is 151 Å². The van der Waals surface area contributed by atoms with Crippen molar-refractivity contribution in [1.29, 1.82) is 0 Å². The van der Waals surface area contributed by atoms with E-state index in [0.29, 0.717) is 0 Å². The predicted octanol–water partition coefficient (Wildman–Crippen LogP) is 4.13. The largest absolute Gasteiger partial charge is 1.00 e. The second kappa shape index (κ2) is 21.6. The highest BCUT2D eigenvalue weighted by Gasteiger charge is 2.10. The van der Waals surface area contributed by atoms with Crippen LogP contribution in [0.4, 0.5) is 0 Å². The van der Waals surface area contributed by atoms with Gasteiger partial charge in [0.1, 0.15) is 17.3 Å². The molecule has 0 saturated carbocycles. The molecule has 0 rings (SSSR count). The highest BCUT2D eigenvalue weighted by Crippen LogP contribution is 2.13. The maximum Gasteiger partial charge on any atom is 0.108 e. The summed E-state index contributed by atoms with van der Waals surface area (Å²) in [7, 11) is 0.745. The third-order valence-electron chi connectivity index (χ3n) is 4.60. The topological polar surface area (TPSA) is 0 Å². The summed E-state index contributed by atoms with van der Waals surface area (Å²) in [4.78, 5) is 0. The molecule has 0 fully saturated rings. The molecule has 0 aliphatic carbocycles. The van der Waals surface area contributed by atoms with Gasteiger partial charge in [0.2, 0.25) is 0 Å². The van der Waals surface area contributed by atoms with Gasteiger partial charge < -0.3 is 12.4 Å². The van der Waals surface area contributed by atoms with E-state index >= 15 is 0 Å². The van der Waals surface area contributed by atoms with E-state index < -0.39 is 0 Å². The second-order valence-electron chi connectivity index (χ2n) is 6.49. The molecule has 0 nitrogen and oxygen atoms in total. The lowest BCUT2D eigenvalue weighted by atomic mass is 10.0. The number of unbranched alkanes of at least 4 members (excludes halogenated alkanes) is 13. The van der Waals surface area contributed by atoms with Crippen LogP contribution in [-0.4, -0.2) is 17.3 Å². The van der Waals surface area contributed by atoms with Gasteiger partial charge in [0.05, 0.1) is 0 Å². The molecular formula is C20H43ClS. The molecule has 0 radical (unpaired) electrons. The minimum Gasteiger partial charge on any atom is -1.00 e. The molecule has 2 heteroatoms. The summed E-state index contributed by atoms with van der Waals surface area (Å²) >= 11 is 0. The van der Waals surface area contributed by atoms with Gasteiger partial charge in [-0.05, 0) is 37.6 Å². The summed E-state index contributed by atoms with van der Waals surface area (Å²) in [6.45, 7) is 7.01. The number of rotatable bonds is 17. The van der Waals surface area contributed by atoms with E-state index in [2.05, 4.69) is 20.8 Å². The van der Waals surface area contributed by atoms with Crippen LogP contribution in [0.1, 0.15) is 111 Å². The first-order valence-corrected chi connectivity index (χ1v) is 11.7. The first kappa shape index (κ1) is 24.9. The van der Waals surface area contributed by atoms with E-state index in [9.17, 15) is 0 Å². The van der Waals surface area contributed by atoms with Crippen molar-refractivity contribution in [2.45, 2.75) is 111 Å². The fourth-order valence-electron chi connectivity index (χ4n) is 2.99. The SMILES string of the molecule is CCCCCCCCCCCCCCCC[S+](CC)CC.[Cl-]. The van der Waals surface area contributed by atoms with E-state index in [1.807, 2.05) is 0 Å². The monoisotopic (exact) mass is 350 g/mol. The Morgan fingerprint density at radius 1 is 0.455 bits per heavy atom. The molecule has 0 aromatic heterocycles. The molecule has 0 saturated heterocycles. The molecule has 0 N–H and O–H groups in total. The summed E-state index contributed by atoms with van der Waals surface area (Å²) < 4.78 is 0. The number of hydrogen-bond donors (Lipinski definition) is 0. The number of halogens is 1. The van der Waals surface area contributed by atoms with Gasteiger partial charge in [-0.2, -0.15) is 0 Å². The zero-order valence-electron chi connectivity index (χ0n) is 15.8. The van der Waals surface area contributed by atoms with Gasteiger partial charge in [-0.25, -0.2) is 0 Å². The molecule has 0 atom stereocenters. The highest BCUT2D eigenvalue weighted by molar-refractivity contribution is 7.96. The van der Waals surface area contributed by atoms with Crippen LogP contribution in [-0.2, 0) is 10.9 Å². The van der Waals surface area contributed by atoms with E-state index in [1.165, 1.54) is 107 Å². The Balaban J connectivity index is 0. The van der Waals surface area contributed by atoms with Crippen LogP contribution in [0.5, 0.6) is 0 Å². The summed E-state index contributed by atoms with van der Waals surface area (Å²) in [5.41, 5.74) is 0. The van der Waals surface area contributed by atoms with Crippen LogP contribution in [0.15, 0.2) is 0 Å². The predicted molar refractivity (Wildman–Crippen MR) is 104 cm³/mol. The Hall–Kier alpha value is 0.640. The maximum absolute atomic E-state index is 2.36. The number of hydrogen-bond acceptors (Lipinski definition) is 0. The molecule has 136 valence electrons. The minimum atomic E-state index is 0. The normalized spacial score (nSPS) is 10.9. The molecule has 0 spiro atoms. The van der Waals surface area contributed by atoms with Gasteiger partial charge in [-0.15, -0.1) is 0 Å². The lowest BCUT2D eigenvalue weighted by Gasteiger charge is -2.04. The summed E-state index contributed by atoms with van der Waals surface area (Å²) in [6.07, 6.45) is 20.6. The average molecular weight is 351 g/mol. The van der Waals surface area contributed by atoms with Gasteiger partial charge in [-0.3, -0.25) is 0 Å². The quantitative estimate of drug-likeness (QED) is 0.273. The smallest absolute Gasteiger partial charge is 0.108 e. The maximum atomic E-state index is 2.36. The third kappa shape index (κ3) is 18.7. The zero-order valence-corrected chi connectivity index (χ0v) is 17.4. The molecule has 0 amide bonds. The van der Waals surface area contributed by atoms with Crippen molar-refractivity contribution in [2.24, 2.45) is 0 Å². The van der Waals surface area contributed by atoms with Crippen molar-refractivity contribution in [2.75, 3.05) is 17.3 Å². The van der Waals surface area contributed by atoms with Crippen LogP contribution in [0.3, 0.4) is 0 Å². The van der Waals surface area contributed by atoms with Gasteiger partial charge in [-0.1, -0.05) is 84.0 Å². The molecular weight excluding hydrogens is 308 g/mol. The molecule has 0 aromatic rings. The van der Waals surface area contributed by atoms with Crippen LogP contribution in [0.2, 0.25) is 0 Å². The molecule has 0 aliphatic rings. The molecule has 0 bridgehead atoms. The molecule has 0 heterocycles. The van der Waals surface area contributed by atoms with Gasteiger partial charge in [0, 0.05) is 0 Å². The lowest BCUT2D eigenvalue weighted by Crippen LogP contribution is -3.00. The van der Waals surface area contributed by atoms with E-state index in [0.717, 1.165) is 10.9 Å². The summed E-state index contributed by atoms with van der Waals surface area (Å²) in [5.74, 6) is 4.33.